The first kappa shape index (κ1) is 15.5. The number of benzene rings is 1. The molecule has 0 radical (unpaired) electrons. The van der Waals surface area contributed by atoms with Gasteiger partial charge >= 0.3 is 0 Å². The van der Waals surface area contributed by atoms with Crippen LogP contribution in [0.15, 0.2) is 30.3 Å². The lowest BCUT2D eigenvalue weighted by Crippen LogP contribution is -2.14. The Kier molecular flexibility index (Phi) is 4.97. The average molecular weight is 284 g/mol. The van der Waals surface area contributed by atoms with Crippen LogP contribution in [0.3, 0.4) is 0 Å². The van der Waals surface area contributed by atoms with Crippen molar-refractivity contribution in [2.24, 2.45) is 0 Å². The van der Waals surface area contributed by atoms with Crippen molar-refractivity contribution < 1.29 is 5.11 Å². The Morgan fingerprint density at radius 1 is 1.14 bits per heavy atom. The van der Waals surface area contributed by atoms with Crippen molar-refractivity contribution >= 4 is 11.5 Å². The van der Waals surface area contributed by atoms with Gasteiger partial charge in [0.2, 0.25) is 0 Å². The third-order valence-corrected chi connectivity index (χ3v) is 3.67. The second kappa shape index (κ2) is 6.72. The van der Waals surface area contributed by atoms with Gasteiger partial charge in [0.25, 0.3) is 0 Å². The summed E-state index contributed by atoms with van der Waals surface area (Å²) in [6.45, 7) is 6.40. The summed E-state index contributed by atoms with van der Waals surface area (Å²) in [4.78, 5) is 6.82. The number of aliphatic hydroxyl groups excluding tert-OH is 1. The molecule has 0 spiro atoms. The predicted octanol–water partition coefficient (Wildman–Crippen LogP) is 3.91. The third-order valence-electron chi connectivity index (χ3n) is 3.67. The minimum atomic E-state index is 0.0486. The van der Waals surface area contributed by atoms with Crippen LogP contribution in [0.5, 0.6) is 0 Å². The Morgan fingerprint density at radius 2 is 1.90 bits per heavy atom. The molecular weight excluding hydrogens is 260 g/mol. The monoisotopic (exact) mass is 284 g/mol. The Morgan fingerprint density at radius 3 is 2.52 bits per heavy atom. The summed E-state index contributed by atoms with van der Waals surface area (Å²) in [5.74, 6) is 0.886. The van der Waals surface area contributed by atoms with Gasteiger partial charge in [-0.15, -0.1) is 0 Å². The zero-order valence-corrected chi connectivity index (χ0v) is 13.3. The van der Waals surface area contributed by atoms with E-state index in [9.17, 15) is 5.11 Å². The highest BCUT2D eigenvalue weighted by Crippen LogP contribution is 2.27. The summed E-state index contributed by atoms with van der Waals surface area (Å²) < 4.78 is 0. The maximum absolute atomic E-state index is 9.45. The molecule has 3 nitrogen and oxygen atoms in total. The van der Waals surface area contributed by atoms with Crippen LogP contribution in [0.25, 0.3) is 0 Å². The van der Waals surface area contributed by atoms with E-state index in [1.54, 1.807) is 0 Å². The van der Waals surface area contributed by atoms with Crippen LogP contribution in [-0.2, 0) is 13.0 Å². The summed E-state index contributed by atoms with van der Waals surface area (Å²) in [6, 6.07) is 10.4. The van der Waals surface area contributed by atoms with Crippen LogP contribution in [0.2, 0.25) is 0 Å². The molecular formula is C18H24N2O. The van der Waals surface area contributed by atoms with Crippen molar-refractivity contribution in [3.8, 4) is 0 Å². The van der Waals surface area contributed by atoms with Gasteiger partial charge in [-0.05, 0) is 49.6 Å². The summed E-state index contributed by atoms with van der Waals surface area (Å²) >= 11 is 0. The summed E-state index contributed by atoms with van der Waals surface area (Å²) in [7, 11) is 2.02. The molecule has 0 unspecified atom stereocenters. The molecule has 112 valence electrons. The molecule has 0 fully saturated rings. The smallest absolute Gasteiger partial charge is 0.133 e. The lowest BCUT2D eigenvalue weighted by Gasteiger charge is -2.22. The highest BCUT2D eigenvalue weighted by Gasteiger charge is 2.10. The standard InChI is InChI=1S/C18H24N2O/c1-5-6-16-10-15(12-21)11-18(19-16)20(4)17-8-7-13(2)9-14(17)3/h7-11,21H,5-6,12H2,1-4H3. The Hall–Kier alpha value is -1.87. The van der Waals surface area contributed by atoms with Gasteiger partial charge in [0.05, 0.1) is 6.61 Å². The van der Waals surface area contributed by atoms with Gasteiger partial charge < -0.3 is 10.0 Å². The van der Waals surface area contributed by atoms with E-state index in [-0.39, 0.29) is 6.61 Å². The molecule has 1 heterocycles. The fourth-order valence-electron chi connectivity index (χ4n) is 2.59. The number of aromatic nitrogens is 1. The van der Waals surface area contributed by atoms with Crippen LogP contribution in [0, 0.1) is 13.8 Å². The number of aliphatic hydroxyl groups is 1. The van der Waals surface area contributed by atoms with Crippen molar-refractivity contribution in [3.05, 3.63) is 52.7 Å². The summed E-state index contributed by atoms with van der Waals surface area (Å²) in [5, 5.41) is 9.45. The number of aryl methyl sites for hydroxylation is 3. The van der Waals surface area contributed by atoms with E-state index in [1.807, 2.05) is 19.2 Å². The molecule has 0 saturated heterocycles. The van der Waals surface area contributed by atoms with E-state index in [4.69, 9.17) is 4.98 Å². The summed E-state index contributed by atoms with van der Waals surface area (Å²) in [5.41, 5.74) is 5.58. The molecule has 2 aromatic rings. The van der Waals surface area contributed by atoms with Crippen molar-refractivity contribution in [2.45, 2.75) is 40.2 Å². The van der Waals surface area contributed by atoms with Gasteiger partial charge in [0, 0.05) is 18.4 Å². The fraction of sp³-hybridized carbons (Fsp3) is 0.389. The molecule has 2 rings (SSSR count). The Labute approximate surface area is 127 Å². The number of rotatable bonds is 5. The molecule has 1 aromatic carbocycles. The molecule has 0 aliphatic carbocycles. The average Bonchev–Trinajstić information content (AvgIpc) is 2.46. The normalized spacial score (nSPS) is 10.7. The predicted molar refractivity (Wildman–Crippen MR) is 88.1 cm³/mol. The van der Waals surface area contributed by atoms with E-state index in [0.29, 0.717) is 0 Å². The highest BCUT2D eigenvalue weighted by molar-refractivity contribution is 5.64. The molecule has 1 aromatic heterocycles. The zero-order valence-electron chi connectivity index (χ0n) is 13.3. The minimum Gasteiger partial charge on any atom is -0.392 e. The van der Waals surface area contributed by atoms with Crippen molar-refractivity contribution in [1.82, 2.24) is 4.98 Å². The van der Waals surface area contributed by atoms with Gasteiger partial charge in [-0.1, -0.05) is 31.0 Å². The number of hydrogen-bond acceptors (Lipinski definition) is 3. The van der Waals surface area contributed by atoms with Crippen LogP contribution >= 0.6 is 0 Å². The van der Waals surface area contributed by atoms with Crippen molar-refractivity contribution in [2.75, 3.05) is 11.9 Å². The van der Waals surface area contributed by atoms with Crippen LogP contribution in [0.4, 0.5) is 11.5 Å². The molecule has 1 N–H and O–H groups in total. The first-order chi connectivity index (χ1) is 10.0. The number of nitrogens with zero attached hydrogens (tertiary/aromatic N) is 2. The molecule has 3 heteroatoms. The lowest BCUT2D eigenvalue weighted by molar-refractivity contribution is 0.281. The maximum atomic E-state index is 9.45. The highest BCUT2D eigenvalue weighted by atomic mass is 16.3. The largest absolute Gasteiger partial charge is 0.392 e. The molecule has 0 aliphatic rings. The molecule has 0 saturated carbocycles. The number of pyridine rings is 1. The quantitative estimate of drug-likeness (QED) is 0.904. The van der Waals surface area contributed by atoms with Crippen molar-refractivity contribution in [1.29, 1.82) is 0 Å². The Balaban J connectivity index is 2.41. The van der Waals surface area contributed by atoms with Gasteiger partial charge in [-0.25, -0.2) is 4.98 Å². The molecule has 0 aliphatic heterocycles. The van der Waals surface area contributed by atoms with E-state index < -0.39 is 0 Å². The van der Waals surface area contributed by atoms with E-state index in [1.165, 1.54) is 11.1 Å². The first-order valence-corrected chi connectivity index (χ1v) is 7.46. The van der Waals surface area contributed by atoms with Crippen LogP contribution in [0.1, 0.15) is 35.7 Å². The van der Waals surface area contributed by atoms with Gasteiger partial charge in [-0.3, -0.25) is 0 Å². The van der Waals surface area contributed by atoms with E-state index in [0.717, 1.165) is 35.6 Å². The van der Waals surface area contributed by atoms with E-state index >= 15 is 0 Å². The Bertz CT molecular complexity index is 623. The third kappa shape index (κ3) is 3.61. The molecule has 0 atom stereocenters. The van der Waals surface area contributed by atoms with Gasteiger partial charge in [-0.2, -0.15) is 0 Å². The minimum absolute atomic E-state index is 0.0486. The maximum Gasteiger partial charge on any atom is 0.133 e. The van der Waals surface area contributed by atoms with E-state index in [2.05, 4.69) is 43.9 Å². The number of hydrogen-bond donors (Lipinski definition) is 1. The second-order valence-electron chi connectivity index (χ2n) is 5.58. The van der Waals surface area contributed by atoms with Gasteiger partial charge in [0.1, 0.15) is 5.82 Å². The molecule has 0 bridgehead atoms. The molecule has 21 heavy (non-hydrogen) atoms. The SMILES string of the molecule is CCCc1cc(CO)cc(N(C)c2ccc(C)cc2C)n1. The number of anilines is 2. The van der Waals surface area contributed by atoms with Crippen molar-refractivity contribution in [3.63, 3.8) is 0 Å². The fourth-order valence-corrected chi connectivity index (χ4v) is 2.59. The lowest BCUT2D eigenvalue weighted by atomic mass is 10.1. The second-order valence-corrected chi connectivity index (χ2v) is 5.58. The first-order valence-electron chi connectivity index (χ1n) is 7.46. The topological polar surface area (TPSA) is 36.4 Å². The zero-order chi connectivity index (χ0) is 15.4. The van der Waals surface area contributed by atoms with Crippen LogP contribution < -0.4 is 4.90 Å². The van der Waals surface area contributed by atoms with Crippen LogP contribution in [-0.4, -0.2) is 17.1 Å². The summed E-state index contributed by atoms with van der Waals surface area (Å²) in [6.07, 6.45) is 1.98. The molecule has 0 amide bonds. The van der Waals surface area contributed by atoms with Gasteiger partial charge in [0.15, 0.2) is 0 Å².